The van der Waals surface area contributed by atoms with Crippen molar-refractivity contribution in [3.05, 3.63) is 24.3 Å². The van der Waals surface area contributed by atoms with Gasteiger partial charge in [-0.25, -0.2) is 0 Å². The summed E-state index contributed by atoms with van der Waals surface area (Å²) in [6.07, 6.45) is 56.4. The molecule has 0 amide bonds. The van der Waals surface area contributed by atoms with Gasteiger partial charge in [0.1, 0.15) is 19.8 Å². The van der Waals surface area contributed by atoms with Crippen LogP contribution in [0.2, 0.25) is 0 Å². The van der Waals surface area contributed by atoms with Crippen LogP contribution in [0.5, 0.6) is 0 Å². The highest BCUT2D eigenvalue weighted by atomic mass is 31.2. The Hall–Kier alpha value is -1.51. The zero-order valence-corrected chi connectivity index (χ0v) is 45.1. The molecule has 0 rings (SSSR count). The molecule has 0 aliphatic carbocycles. The third-order valence-electron chi connectivity index (χ3n) is 12.4. The number of allylic oxidation sites excluding steroid dienone is 4. The van der Waals surface area contributed by atoms with Crippen molar-refractivity contribution >= 4 is 19.8 Å². The molecule has 2 atom stereocenters. The quantitative estimate of drug-likeness (QED) is 0.0195. The first-order valence-corrected chi connectivity index (χ1v) is 29.5. The highest BCUT2D eigenvalue weighted by Gasteiger charge is 2.22. The molecule has 0 bridgehead atoms. The van der Waals surface area contributed by atoms with Crippen molar-refractivity contribution < 1.29 is 42.1 Å². The highest BCUT2D eigenvalue weighted by Crippen LogP contribution is 2.38. The lowest BCUT2D eigenvalue weighted by Gasteiger charge is -2.28. The first-order valence-electron chi connectivity index (χ1n) is 28.0. The van der Waals surface area contributed by atoms with Crippen LogP contribution < -0.4 is 4.89 Å². The van der Waals surface area contributed by atoms with Crippen molar-refractivity contribution in [2.75, 3.05) is 47.5 Å². The molecule has 390 valence electrons. The number of esters is 2. The summed E-state index contributed by atoms with van der Waals surface area (Å²) < 4.78 is 34.1. The van der Waals surface area contributed by atoms with Crippen LogP contribution in [0.1, 0.15) is 271 Å². The van der Waals surface area contributed by atoms with Gasteiger partial charge in [0, 0.05) is 12.8 Å². The number of rotatable bonds is 52. The molecule has 0 aliphatic heterocycles. The van der Waals surface area contributed by atoms with E-state index in [0.717, 1.165) is 38.5 Å². The first-order chi connectivity index (χ1) is 32.0. The Bertz CT molecular complexity index is 1170. The van der Waals surface area contributed by atoms with E-state index < -0.39 is 26.5 Å². The summed E-state index contributed by atoms with van der Waals surface area (Å²) in [7, 11) is 1.18. The Balaban J connectivity index is 4.17. The van der Waals surface area contributed by atoms with E-state index >= 15 is 0 Å². The number of ether oxygens (including phenoxy) is 2. The number of phosphoric ester groups is 1. The SMILES string of the molecule is CCCCCCCC/C=C/CCCCCCCCCCCCCC(=O)OCC(COP(=O)([O-])OCC[N+](C)(C)C)OC(=O)CCCCCCCCCCCCC/C=C/CCCCCCCC. The fourth-order valence-corrected chi connectivity index (χ4v) is 8.79. The van der Waals surface area contributed by atoms with E-state index in [9.17, 15) is 19.0 Å². The Morgan fingerprint density at radius 1 is 0.455 bits per heavy atom. The topological polar surface area (TPSA) is 111 Å². The van der Waals surface area contributed by atoms with Gasteiger partial charge in [-0.2, -0.15) is 0 Å². The van der Waals surface area contributed by atoms with Crippen molar-refractivity contribution in [2.45, 2.75) is 277 Å². The zero-order chi connectivity index (χ0) is 48.5. The number of phosphoric acid groups is 1. The van der Waals surface area contributed by atoms with Crippen molar-refractivity contribution in [3.63, 3.8) is 0 Å². The van der Waals surface area contributed by atoms with Gasteiger partial charge in [-0.15, -0.1) is 0 Å². The predicted octanol–water partition coefficient (Wildman–Crippen LogP) is 16.4. The summed E-state index contributed by atoms with van der Waals surface area (Å²) >= 11 is 0. The van der Waals surface area contributed by atoms with E-state index in [0.29, 0.717) is 17.4 Å². The number of likely N-dealkylation sites (N-methyl/N-ethyl adjacent to an activating group) is 1. The number of unbranched alkanes of at least 4 members (excludes halogenated alkanes) is 34. The normalized spacial score (nSPS) is 13.5. The minimum Gasteiger partial charge on any atom is -0.756 e. The smallest absolute Gasteiger partial charge is 0.306 e. The maximum absolute atomic E-state index is 12.8. The van der Waals surface area contributed by atoms with Crippen molar-refractivity contribution in [1.82, 2.24) is 0 Å². The second-order valence-electron chi connectivity index (χ2n) is 20.3. The second-order valence-corrected chi connectivity index (χ2v) is 21.7. The van der Waals surface area contributed by atoms with E-state index in [2.05, 4.69) is 38.2 Å². The molecule has 2 unspecified atom stereocenters. The van der Waals surface area contributed by atoms with Crippen LogP contribution in [0, 0.1) is 0 Å². The van der Waals surface area contributed by atoms with Gasteiger partial charge < -0.3 is 27.9 Å². The van der Waals surface area contributed by atoms with Gasteiger partial charge >= 0.3 is 11.9 Å². The van der Waals surface area contributed by atoms with E-state index in [4.69, 9.17) is 18.5 Å². The number of hydrogen-bond acceptors (Lipinski definition) is 8. The lowest BCUT2D eigenvalue weighted by Crippen LogP contribution is -2.37. The Kier molecular flexibility index (Phi) is 47.4. The van der Waals surface area contributed by atoms with Gasteiger partial charge in [-0.3, -0.25) is 14.2 Å². The molecule has 0 aliphatic rings. The Labute approximate surface area is 409 Å². The zero-order valence-electron chi connectivity index (χ0n) is 44.2. The summed E-state index contributed by atoms with van der Waals surface area (Å²) in [6.45, 7) is 4.27. The van der Waals surface area contributed by atoms with Gasteiger partial charge in [0.15, 0.2) is 6.10 Å². The Morgan fingerprint density at radius 3 is 1.12 bits per heavy atom. The lowest BCUT2D eigenvalue weighted by molar-refractivity contribution is -0.870. The molecule has 66 heavy (non-hydrogen) atoms. The van der Waals surface area contributed by atoms with Crippen molar-refractivity contribution in [3.8, 4) is 0 Å². The largest absolute Gasteiger partial charge is 0.756 e. The minimum atomic E-state index is -4.63. The van der Waals surface area contributed by atoms with Crippen LogP contribution in [0.3, 0.4) is 0 Å². The summed E-state index contributed by atoms with van der Waals surface area (Å²) in [6, 6.07) is 0. The van der Waals surface area contributed by atoms with E-state index in [1.165, 1.54) is 199 Å². The number of hydrogen-bond donors (Lipinski definition) is 0. The van der Waals surface area contributed by atoms with Crippen molar-refractivity contribution in [2.24, 2.45) is 0 Å². The molecule has 0 saturated heterocycles. The molecule has 9 nitrogen and oxygen atoms in total. The molecule has 0 saturated carbocycles. The Morgan fingerprint density at radius 2 is 0.773 bits per heavy atom. The average Bonchev–Trinajstić information content (AvgIpc) is 3.27. The summed E-state index contributed by atoms with van der Waals surface area (Å²) in [4.78, 5) is 37.8. The third kappa shape index (κ3) is 51.9. The van der Waals surface area contributed by atoms with Crippen molar-refractivity contribution in [1.29, 1.82) is 0 Å². The molecule has 0 heterocycles. The monoisotopic (exact) mass is 954 g/mol. The maximum atomic E-state index is 12.8. The summed E-state index contributed by atoms with van der Waals surface area (Å²) in [5.74, 6) is -0.822. The molecular weight excluding hydrogens is 846 g/mol. The predicted molar refractivity (Wildman–Crippen MR) is 278 cm³/mol. The van der Waals surface area contributed by atoms with Crippen LogP contribution in [-0.4, -0.2) is 70.0 Å². The molecule has 0 aromatic rings. The van der Waals surface area contributed by atoms with Gasteiger partial charge in [0.05, 0.1) is 27.7 Å². The van der Waals surface area contributed by atoms with Crippen LogP contribution in [0.15, 0.2) is 24.3 Å². The number of nitrogens with zero attached hydrogens (tertiary/aromatic N) is 1. The first kappa shape index (κ1) is 64.5. The van der Waals surface area contributed by atoms with Crippen LogP contribution in [0.4, 0.5) is 0 Å². The van der Waals surface area contributed by atoms with Gasteiger partial charge in [0.2, 0.25) is 0 Å². The van der Waals surface area contributed by atoms with Crippen LogP contribution in [-0.2, 0) is 32.7 Å². The molecule has 0 fully saturated rings. The van der Waals surface area contributed by atoms with E-state index in [1.54, 1.807) is 0 Å². The maximum Gasteiger partial charge on any atom is 0.306 e. The second kappa shape index (κ2) is 48.5. The lowest BCUT2D eigenvalue weighted by atomic mass is 10.0. The van der Waals surface area contributed by atoms with Gasteiger partial charge in [-0.05, 0) is 64.2 Å². The minimum absolute atomic E-state index is 0.0289. The van der Waals surface area contributed by atoms with Crippen LogP contribution >= 0.6 is 7.82 Å². The molecule has 10 heteroatoms. The van der Waals surface area contributed by atoms with E-state index in [1.807, 2.05) is 21.1 Å². The fraction of sp³-hybridized carbons (Fsp3) is 0.893. The average molecular weight is 954 g/mol. The highest BCUT2D eigenvalue weighted by molar-refractivity contribution is 7.45. The fourth-order valence-electron chi connectivity index (χ4n) is 8.06. The molecule has 0 spiro atoms. The molecule has 0 N–H and O–H groups in total. The molecule has 0 aromatic carbocycles. The van der Waals surface area contributed by atoms with Gasteiger partial charge in [-0.1, -0.05) is 218 Å². The van der Waals surface area contributed by atoms with E-state index in [-0.39, 0.29) is 32.0 Å². The number of carbonyl (C=O) groups excluding carboxylic acids is 2. The van der Waals surface area contributed by atoms with Crippen LogP contribution in [0.25, 0.3) is 0 Å². The third-order valence-corrected chi connectivity index (χ3v) is 13.4. The molecule has 0 aromatic heterocycles. The molecular formula is C56H108NO8P. The van der Waals surface area contributed by atoms with Gasteiger partial charge in [0.25, 0.3) is 7.82 Å². The number of quaternary nitrogens is 1. The summed E-state index contributed by atoms with van der Waals surface area (Å²) in [5.41, 5.74) is 0. The standard InChI is InChI=1S/C56H108NO8P/c1-6-8-10-12-14-16-18-20-22-24-26-28-30-32-34-36-38-40-42-44-46-48-55(58)62-52-54(53-64-66(60,61)63-51-50-57(3,4)5)65-56(59)49-47-45-43-41-39-37-35-33-31-29-27-25-23-21-19-17-15-13-11-9-7-2/h20-23,54H,6-19,24-53H2,1-5H3/b22-20+,23-21+. The number of carbonyl (C=O) groups is 2. The molecule has 0 radical (unpaired) electrons. The summed E-state index contributed by atoms with van der Waals surface area (Å²) in [5, 5.41) is 0.